The largest absolute Gasteiger partial charge is 0.280 e. The van der Waals surface area contributed by atoms with Crippen LogP contribution in [-0.4, -0.2) is 18.0 Å². The lowest BCUT2D eigenvalue weighted by molar-refractivity contribution is -0.130. The summed E-state index contributed by atoms with van der Waals surface area (Å²) in [4.78, 5) is 12.6. The highest BCUT2D eigenvalue weighted by molar-refractivity contribution is 5.94. The van der Waals surface area contributed by atoms with Gasteiger partial charge in [-0.1, -0.05) is 32.8 Å². The SMILES string of the molecule is CN(N)C(=O)C1=CC[C@H]2[C@@H]3CCC4CCCC[C@]4(C)[C@H]3CC[C@]12C. The minimum Gasteiger partial charge on any atom is -0.280 e. The summed E-state index contributed by atoms with van der Waals surface area (Å²) in [6.45, 7) is 4.96. The first-order valence-electron chi connectivity index (χ1n) is 10.1. The van der Waals surface area contributed by atoms with Gasteiger partial charge < -0.3 is 0 Å². The van der Waals surface area contributed by atoms with E-state index in [1.165, 1.54) is 56.4 Å². The van der Waals surface area contributed by atoms with Crippen molar-refractivity contribution in [2.45, 2.75) is 71.6 Å². The molecule has 3 nitrogen and oxygen atoms in total. The van der Waals surface area contributed by atoms with E-state index in [-0.39, 0.29) is 11.3 Å². The molecular weight excluding hydrogens is 296 g/mol. The summed E-state index contributed by atoms with van der Waals surface area (Å²) in [5, 5.41) is 1.28. The van der Waals surface area contributed by atoms with E-state index in [4.69, 9.17) is 5.84 Å². The van der Waals surface area contributed by atoms with E-state index in [2.05, 4.69) is 19.9 Å². The van der Waals surface area contributed by atoms with Crippen molar-refractivity contribution >= 4 is 5.91 Å². The molecule has 3 fully saturated rings. The number of carbonyl (C=O) groups is 1. The Labute approximate surface area is 147 Å². The van der Waals surface area contributed by atoms with Crippen LogP contribution in [0.3, 0.4) is 0 Å². The van der Waals surface area contributed by atoms with Gasteiger partial charge in [0.1, 0.15) is 0 Å². The number of rotatable bonds is 1. The molecule has 1 amide bonds. The third-order valence-corrected chi connectivity index (χ3v) is 8.71. The van der Waals surface area contributed by atoms with E-state index < -0.39 is 0 Å². The highest BCUT2D eigenvalue weighted by Crippen LogP contribution is 2.66. The van der Waals surface area contributed by atoms with Gasteiger partial charge in [0.05, 0.1) is 0 Å². The third-order valence-electron chi connectivity index (χ3n) is 8.71. The van der Waals surface area contributed by atoms with E-state index >= 15 is 0 Å². The molecule has 3 saturated carbocycles. The minimum absolute atomic E-state index is 0.0380. The molecule has 4 aliphatic rings. The van der Waals surface area contributed by atoms with Crippen molar-refractivity contribution in [3.63, 3.8) is 0 Å². The lowest BCUT2D eigenvalue weighted by atomic mass is 9.45. The zero-order valence-electron chi connectivity index (χ0n) is 15.7. The fourth-order valence-electron chi connectivity index (χ4n) is 7.38. The summed E-state index contributed by atoms with van der Waals surface area (Å²) in [5.41, 5.74) is 1.63. The predicted molar refractivity (Wildman–Crippen MR) is 96.8 cm³/mol. The lowest BCUT2D eigenvalue weighted by Crippen LogP contribution is -2.53. The average Bonchev–Trinajstić information content (AvgIpc) is 2.90. The molecule has 0 aromatic carbocycles. The van der Waals surface area contributed by atoms with Gasteiger partial charge in [0, 0.05) is 18.0 Å². The fraction of sp³-hybridized carbons (Fsp3) is 0.857. The van der Waals surface area contributed by atoms with Gasteiger partial charge in [-0.2, -0.15) is 0 Å². The Morgan fingerprint density at radius 2 is 1.92 bits per heavy atom. The number of allylic oxidation sites excluding steroid dienone is 1. The standard InChI is InChI=1S/C21H34N2O/c1-20-12-5-4-6-14(20)7-8-15-16-9-10-18(19(24)23(3)22)21(16,2)13-11-17(15)20/h10,14-17H,4-9,11-13,22H2,1-3H3/t14?,15-,16-,17-,20-,21-/m0/s1. The molecule has 134 valence electrons. The van der Waals surface area contributed by atoms with E-state index in [0.29, 0.717) is 11.3 Å². The van der Waals surface area contributed by atoms with Crippen LogP contribution in [0, 0.1) is 34.5 Å². The number of nitrogens with zero attached hydrogens (tertiary/aromatic N) is 1. The maximum Gasteiger partial charge on any atom is 0.263 e. The molecule has 0 aromatic rings. The number of amides is 1. The Hall–Kier alpha value is -0.830. The van der Waals surface area contributed by atoms with Crippen molar-refractivity contribution in [3.05, 3.63) is 11.6 Å². The van der Waals surface area contributed by atoms with Crippen LogP contribution in [0.4, 0.5) is 0 Å². The monoisotopic (exact) mass is 330 g/mol. The predicted octanol–water partition coefficient (Wildman–Crippen LogP) is 4.29. The van der Waals surface area contributed by atoms with Crippen LogP contribution >= 0.6 is 0 Å². The van der Waals surface area contributed by atoms with Crippen molar-refractivity contribution in [2.24, 2.45) is 40.3 Å². The Morgan fingerprint density at radius 1 is 1.12 bits per heavy atom. The van der Waals surface area contributed by atoms with E-state index in [0.717, 1.165) is 29.7 Å². The number of likely N-dealkylation sites (N-methyl/N-ethyl adjacent to an activating group) is 1. The number of carbonyl (C=O) groups excluding carboxylic acids is 1. The first kappa shape index (κ1) is 16.6. The fourth-order valence-corrected chi connectivity index (χ4v) is 7.38. The molecule has 0 radical (unpaired) electrons. The summed E-state index contributed by atoms with van der Waals surface area (Å²) in [6, 6.07) is 0. The molecule has 0 spiro atoms. The molecule has 1 unspecified atom stereocenters. The maximum atomic E-state index is 12.6. The quantitative estimate of drug-likeness (QED) is 0.443. The van der Waals surface area contributed by atoms with Crippen LogP contribution in [0.1, 0.15) is 71.6 Å². The highest BCUT2D eigenvalue weighted by Gasteiger charge is 2.58. The minimum atomic E-state index is 0.0380. The van der Waals surface area contributed by atoms with E-state index in [1.807, 2.05) is 0 Å². The topological polar surface area (TPSA) is 46.3 Å². The van der Waals surface area contributed by atoms with Crippen molar-refractivity contribution in [1.29, 1.82) is 0 Å². The Balaban J connectivity index is 1.61. The molecule has 2 N–H and O–H groups in total. The van der Waals surface area contributed by atoms with Gasteiger partial charge in [0.15, 0.2) is 0 Å². The number of fused-ring (bicyclic) bond motifs is 5. The first-order chi connectivity index (χ1) is 11.4. The van der Waals surface area contributed by atoms with Crippen molar-refractivity contribution in [3.8, 4) is 0 Å². The number of nitrogens with two attached hydrogens (primary N) is 1. The van der Waals surface area contributed by atoms with Crippen molar-refractivity contribution in [1.82, 2.24) is 5.01 Å². The van der Waals surface area contributed by atoms with Gasteiger partial charge in [-0.15, -0.1) is 0 Å². The van der Waals surface area contributed by atoms with E-state index in [9.17, 15) is 4.79 Å². The third kappa shape index (κ3) is 2.16. The molecule has 0 aliphatic heterocycles. The molecule has 4 aliphatic carbocycles. The summed E-state index contributed by atoms with van der Waals surface area (Å²) < 4.78 is 0. The molecule has 0 aromatic heterocycles. The van der Waals surface area contributed by atoms with Gasteiger partial charge in [0.25, 0.3) is 5.91 Å². The summed E-state index contributed by atoms with van der Waals surface area (Å²) in [6.07, 6.45) is 14.4. The molecule has 6 atom stereocenters. The smallest absolute Gasteiger partial charge is 0.263 e. The summed E-state index contributed by atoms with van der Waals surface area (Å²) >= 11 is 0. The van der Waals surface area contributed by atoms with Crippen LogP contribution in [0.5, 0.6) is 0 Å². The maximum absolute atomic E-state index is 12.6. The Kier molecular flexibility index (Phi) is 3.87. The van der Waals surface area contributed by atoms with E-state index in [1.54, 1.807) is 7.05 Å². The van der Waals surface area contributed by atoms with Gasteiger partial charge in [0.2, 0.25) is 0 Å². The molecule has 0 saturated heterocycles. The summed E-state index contributed by atoms with van der Waals surface area (Å²) in [7, 11) is 1.68. The summed E-state index contributed by atoms with van der Waals surface area (Å²) in [5.74, 6) is 9.14. The van der Waals surface area contributed by atoms with Gasteiger partial charge in [-0.25, -0.2) is 5.84 Å². The number of hydrogen-bond acceptors (Lipinski definition) is 2. The number of hydrogen-bond donors (Lipinski definition) is 1. The van der Waals surface area contributed by atoms with Crippen LogP contribution in [0.25, 0.3) is 0 Å². The van der Waals surface area contributed by atoms with Crippen LogP contribution in [-0.2, 0) is 4.79 Å². The van der Waals surface area contributed by atoms with Crippen LogP contribution in [0.15, 0.2) is 11.6 Å². The highest BCUT2D eigenvalue weighted by atomic mass is 16.2. The lowest BCUT2D eigenvalue weighted by Gasteiger charge is -2.60. The zero-order valence-corrected chi connectivity index (χ0v) is 15.7. The second kappa shape index (κ2) is 5.59. The van der Waals surface area contributed by atoms with Gasteiger partial charge in [-0.3, -0.25) is 9.80 Å². The molecule has 4 rings (SSSR count). The Morgan fingerprint density at radius 3 is 2.67 bits per heavy atom. The first-order valence-corrected chi connectivity index (χ1v) is 10.1. The second-order valence-corrected chi connectivity index (χ2v) is 9.63. The van der Waals surface area contributed by atoms with Crippen LogP contribution in [0.2, 0.25) is 0 Å². The molecule has 0 heterocycles. The zero-order chi connectivity index (χ0) is 17.1. The normalized spacial score (nSPS) is 47.2. The Bertz CT molecular complexity index is 568. The van der Waals surface area contributed by atoms with Gasteiger partial charge >= 0.3 is 0 Å². The molecular formula is C21H34N2O. The average molecular weight is 331 g/mol. The van der Waals surface area contributed by atoms with Crippen molar-refractivity contribution < 1.29 is 4.79 Å². The second-order valence-electron chi connectivity index (χ2n) is 9.63. The molecule has 24 heavy (non-hydrogen) atoms. The molecule has 0 bridgehead atoms. The van der Waals surface area contributed by atoms with Gasteiger partial charge in [-0.05, 0) is 74.0 Å². The van der Waals surface area contributed by atoms with Crippen molar-refractivity contribution in [2.75, 3.05) is 7.05 Å². The van der Waals surface area contributed by atoms with Crippen LogP contribution < -0.4 is 5.84 Å². The molecule has 3 heteroatoms. The number of hydrazine groups is 1.